The van der Waals surface area contributed by atoms with Crippen LogP contribution in [0.4, 0.5) is 0 Å². The van der Waals surface area contributed by atoms with Crippen molar-refractivity contribution >= 4 is 120 Å². The fraction of sp³-hybridized carbons (Fsp3) is 0. The number of hydrogen-bond donors (Lipinski definition) is 0. The number of aromatic nitrogens is 5. The Bertz CT molecular complexity index is 5320. The van der Waals surface area contributed by atoms with Gasteiger partial charge in [0.15, 0.2) is 0 Å². The second-order valence-electron chi connectivity index (χ2n) is 20.3. The van der Waals surface area contributed by atoms with Crippen LogP contribution in [0.25, 0.3) is 165 Å². The van der Waals surface area contributed by atoms with Crippen molar-refractivity contribution in [3.05, 3.63) is 249 Å². The Labute approximate surface area is 434 Å². The molecular weight excluding hydrogens is 923 g/mol. The number of nitrogens with zero attached hydrogens (tertiary/aromatic N) is 5. The first-order chi connectivity index (χ1) is 37.7. The van der Waals surface area contributed by atoms with Crippen LogP contribution in [-0.2, 0) is 0 Å². The molecule has 0 bridgehead atoms. The number of imidazole rings is 2. The molecule has 0 N–H and O–H groups in total. The highest BCUT2D eigenvalue weighted by Crippen LogP contribution is 2.46. The predicted octanol–water partition coefficient (Wildman–Crippen LogP) is 18.6. The molecule has 0 atom stereocenters. The number of rotatable bonds is 4. The molecule has 0 aliphatic heterocycles. The summed E-state index contributed by atoms with van der Waals surface area (Å²) in [4.78, 5) is 15.8. The van der Waals surface area contributed by atoms with Crippen LogP contribution >= 0.6 is 0 Å². The van der Waals surface area contributed by atoms with Gasteiger partial charge >= 0.3 is 0 Å². The third-order valence-corrected chi connectivity index (χ3v) is 16.2. The number of hydrogen-bond acceptors (Lipinski definition) is 3. The van der Waals surface area contributed by atoms with Gasteiger partial charge in [-0.2, -0.15) is 0 Å². The van der Waals surface area contributed by atoms with Gasteiger partial charge in [0.25, 0.3) is 0 Å². The molecule has 5 heterocycles. The van der Waals surface area contributed by atoms with Crippen LogP contribution in [0.2, 0.25) is 0 Å². The van der Waals surface area contributed by atoms with Gasteiger partial charge in [0.1, 0.15) is 11.3 Å². The van der Waals surface area contributed by atoms with Crippen molar-refractivity contribution in [3.8, 4) is 44.6 Å². The van der Waals surface area contributed by atoms with Crippen LogP contribution in [-0.4, -0.2) is 23.8 Å². The maximum atomic E-state index is 5.40. The molecule has 0 aliphatic carbocycles. The van der Waals surface area contributed by atoms with E-state index in [0.717, 1.165) is 99.2 Å². The number of benzene rings is 12. The van der Waals surface area contributed by atoms with E-state index in [9.17, 15) is 0 Å². The summed E-state index contributed by atoms with van der Waals surface area (Å²) >= 11 is 0. The molecule has 5 aromatic heterocycles. The van der Waals surface area contributed by atoms with Gasteiger partial charge in [-0.1, -0.05) is 170 Å². The van der Waals surface area contributed by atoms with Gasteiger partial charge in [-0.3, -0.25) is 8.80 Å². The second-order valence-corrected chi connectivity index (χ2v) is 20.3. The van der Waals surface area contributed by atoms with E-state index in [4.69, 9.17) is 15.0 Å². The van der Waals surface area contributed by atoms with Crippen molar-refractivity contribution in [3.63, 3.8) is 0 Å². The van der Waals surface area contributed by atoms with Gasteiger partial charge < -0.3 is 0 Å². The fourth-order valence-electron chi connectivity index (χ4n) is 12.7. The molecule has 5 nitrogen and oxygen atoms in total. The lowest BCUT2D eigenvalue weighted by molar-refractivity contribution is 1.31. The summed E-state index contributed by atoms with van der Waals surface area (Å²) in [5.74, 6) is 0. The van der Waals surface area contributed by atoms with Crippen LogP contribution in [0.15, 0.2) is 249 Å². The third-order valence-electron chi connectivity index (χ3n) is 16.2. The van der Waals surface area contributed by atoms with Gasteiger partial charge in [-0.25, -0.2) is 15.0 Å². The quantitative estimate of drug-likeness (QED) is 0.130. The average Bonchev–Trinajstić information content (AvgIpc) is 4.17. The Kier molecular flexibility index (Phi) is 8.49. The minimum absolute atomic E-state index is 0.946. The highest BCUT2D eigenvalue weighted by Gasteiger charge is 2.21. The molecule has 0 radical (unpaired) electrons. The minimum atomic E-state index is 0.946. The molecule has 0 fully saturated rings. The molecule has 17 rings (SSSR count). The van der Waals surface area contributed by atoms with Crippen LogP contribution < -0.4 is 0 Å². The number of fused-ring (bicyclic) bond motifs is 20. The van der Waals surface area contributed by atoms with E-state index in [1.54, 1.807) is 0 Å². The molecule has 350 valence electrons. The second kappa shape index (κ2) is 15.6. The zero-order valence-corrected chi connectivity index (χ0v) is 40.9. The molecule has 0 amide bonds. The minimum Gasteiger partial charge on any atom is -0.292 e. The first-order valence-electron chi connectivity index (χ1n) is 26.0. The SMILES string of the molecule is c1ccc2cc(-c3c4ccccc4c(-c4ccc5c(c4)c4ccccc4c4nc6ccc(-c7ccc8c(c7)c7cc(-c9ccc%10ccccc%10n9)ccc7n7c9ccccc9nc87)cc6n54)c4ccccc34)ccc2c1. The topological polar surface area (TPSA) is 47.5 Å². The van der Waals surface area contributed by atoms with Crippen molar-refractivity contribution < 1.29 is 0 Å². The molecular formula is C71H41N5. The number of pyridine rings is 3. The molecule has 17 aromatic rings. The lowest BCUT2D eigenvalue weighted by Gasteiger charge is -2.19. The highest BCUT2D eigenvalue weighted by molar-refractivity contribution is 6.23. The zero-order chi connectivity index (χ0) is 49.6. The largest absolute Gasteiger partial charge is 0.292 e. The van der Waals surface area contributed by atoms with E-state index in [0.29, 0.717) is 0 Å². The Morgan fingerprint density at radius 2 is 0.697 bits per heavy atom. The third kappa shape index (κ3) is 5.93. The van der Waals surface area contributed by atoms with Crippen molar-refractivity contribution in [1.82, 2.24) is 23.8 Å². The first kappa shape index (κ1) is 41.3. The average molecular weight is 964 g/mol. The summed E-state index contributed by atoms with van der Waals surface area (Å²) in [7, 11) is 0. The maximum Gasteiger partial charge on any atom is 0.146 e. The van der Waals surface area contributed by atoms with Gasteiger partial charge in [0, 0.05) is 32.5 Å². The molecule has 0 saturated heterocycles. The van der Waals surface area contributed by atoms with Crippen molar-refractivity contribution in [2.45, 2.75) is 0 Å². The van der Waals surface area contributed by atoms with Gasteiger partial charge in [0.2, 0.25) is 0 Å². The fourth-order valence-corrected chi connectivity index (χ4v) is 12.7. The summed E-state index contributed by atoms with van der Waals surface area (Å²) in [6.07, 6.45) is 0. The van der Waals surface area contributed by atoms with Gasteiger partial charge in [0.05, 0.1) is 44.3 Å². The normalized spacial score (nSPS) is 12.2. The van der Waals surface area contributed by atoms with Crippen molar-refractivity contribution in [1.29, 1.82) is 0 Å². The molecule has 5 heteroatoms. The summed E-state index contributed by atoms with van der Waals surface area (Å²) in [5.41, 5.74) is 18.4. The molecule has 0 aliphatic rings. The van der Waals surface area contributed by atoms with Gasteiger partial charge in [-0.15, -0.1) is 0 Å². The Morgan fingerprint density at radius 3 is 1.45 bits per heavy atom. The zero-order valence-electron chi connectivity index (χ0n) is 40.9. The Balaban J connectivity index is 0.871. The lowest BCUT2D eigenvalue weighted by Crippen LogP contribution is -1.94. The standard InChI is InChI=1S/C71H41N5/c1-2-15-44-37-48(26-25-42(44)13-1)68-51-17-5-7-19-53(51)69(54-20-8-6-18-52(54)68)49-31-36-64-58(40-49)50-16-4-9-21-55(50)70-74-63-34-29-46(41-67(63)76(64)70)45-27-32-56-57(38-45)59-39-47(61-33-28-43-14-3-10-22-60(43)72-61)30-35-65(59)75-66-24-12-11-23-62(66)73-71(56)75/h1-41H. The van der Waals surface area contributed by atoms with E-state index in [2.05, 4.69) is 258 Å². The van der Waals surface area contributed by atoms with Crippen LogP contribution in [0.3, 0.4) is 0 Å². The molecule has 76 heavy (non-hydrogen) atoms. The van der Waals surface area contributed by atoms with Crippen molar-refractivity contribution in [2.75, 3.05) is 0 Å². The monoisotopic (exact) mass is 963 g/mol. The molecule has 0 spiro atoms. The highest BCUT2D eigenvalue weighted by atomic mass is 15.0. The number of para-hydroxylation sites is 3. The van der Waals surface area contributed by atoms with E-state index >= 15 is 0 Å². The van der Waals surface area contributed by atoms with Crippen LogP contribution in [0.1, 0.15) is 0 Å². The van der Waals surface area contributed by atoms with E-state index < -0.39 is 0 Å². The van der Waals surface area contributed by atoms with Crippen molar-refractivity contribution in [2.24, 2.45) is 0 Å². The predicted molar refractivity (Wildman–Crippen MR) is 319 cm³/mol. The van der Waals surface area contributed by atoms with Gasteiger partial charge in [-0.05, 0) is 155 Å². The van der Waals surface area contributed by atoms with E-state index in [1.165, 1.54) is 65.3 Å². The molecule has 0 unspecified atom stereocenters. The van der Waals surface area contributed by atoms with Crippen LogP contribution in [0.5, 0.6) is 0 Å². The summed E-state index contributed by atoms with van der Waals surface area (Å²) in [6.45, 7) is 0. The first-order valence-corrected chi connectivity index (χ1v) is 26.0. The van der Waals surface area contributed by atoms with E-state index in [1.807, 2.05) is 0 Å². The van der Waals surface area contributed by atoms with Crippen LogP contribution in [0, 0.1) is 0 Å². The molecule has 12 aromatic carbocycles. The summed E-state index contributed by atoms with van der Waals surface area (Å²) in [6, 6.07) is 90.7. The summed E-state index contributed by atoms with van der Waals surface area (Å²) < 4.78 is 4.71. The Morgan fingerprint density at radius 1 is 0.224 bits per heavy atom. The summed E-state index contributed by atoms with van der Waals surface area (Å²) in [5, 5.41) is 15.4. The smallest absolute Gasteiger partial charge is 0.146 e. The lowest BCUT2D eigenvalue weighted by atomic mass is 9.85. The Hall–Kier alpha value is -10.2. The van der Waals surface area contributed by atoms with E-state index in [-0.39, 0.29) is 0 Å². The molecule has 0 saturated carbocycles. The maximum absolute atomic E-state index is 5.40.